The highest BCUT2D eigenvalue weighted by molar-refractivity contribution is 7.07. The first-order valence-electron chi connectivity index (χ1n) is 6.17. The number of halogens is 1. The summed E-state index contributed by atoms with van der Waals surface area (Å²) in [6, 6.07) is 5.72. The van der Waals surface area contributed by atoms with Crippen molar-refractivity contribution in [3.8, 4) is 0 Å². The highest BCUT2D eigenvalue weighted by Gasteiger charge is 2.12. The number of nitrogens with zero attached hydrogens (tertiary/aromatic N) is 1. The number of hydrogen-bond donors (Lipinski definition) is 1. The van der Waals surface area contributed by atoms with E-state index in [9.17, 15) is 14.0 Å². The van der Waals surface area contributed by atoms with Gasteiger partial charge in [-0.2, -0.15) is 0 Å². The SMILES string of the molecule is Cc1csc(=O)n1CC(=O)N[C@@H](C)c1ccc(F)cc1. The molecule has 0 bridgehead atoms. The van der Waals surface area contributed by atoms with E-state index in [1.54, 1.807) is 24.4 Å². The third-order valence-corrected chi connectivity index (χ3v) is 3.91. The Morgan fingerprint density at radius 1 is 1.40 bits per heavy atom. The maximum Gasteiger partial charge on any atom is 0.307 e. The monoisotopic (exact) mass is 294 g/mol. The lowest BCUT2D eigenvalue weighted by Crippen LogP contribution is -2.32. The van der Waals surface area contributed by atoms with Crippen LogP contribution in [0.2, 0.25) is 0 Å². The molecule has 2 rings (SSSR count). The van der Waals surface area contributed by atoms with Crippen molar-refractivity contribution in [1.82, 2.24) is 9.88 Å². The smallest absolute Gasteiger partial charge is 0.307 e. The van der Waals surface area contributed by atoms with Crippen molar-refractivity contribution in [2.45, 2.75) is 26.4 Å². The van der Waals surface area contributed by atoms with E-state index in [-0.39, 0.29) is 29.2 Å². The summed E-state index contributed by atoms with van der Waals surface area (Å²) in [7, 11) is 0. The molecule has 106 valence electrons. The molecule has 1 aromatic heterocycles. The van der Waals surface area contributed by atoms with Crippen LogP contribution in [-0.4, -0.2) is 10.5 Å². The number of amides is 1. The molecule has 0 aliphatic heterocycles. The zero-order valence-electron chi connectivity index (χ0n) is 11.2. The van der Waals surface area contributed by atoms with Crippen molar-refractivity contribution in [2.24, 2.45) is 0 Å². The van der Waals surface area contributed by atoms with Gasteiger partial charge in [-0.25, -0.2) is 4.39 Å². The largest absolute Gasteiger partial charge is 0.348 e. The van der Waals surface area contributed by atoms with Crippen LogP contribution in [0.15, 0.2) is 34.4 Å². The maximum absolute atomic E-state index is 12.8. The van der Waals surface area contributed by atoms with Gasteiger partial charge in [0.1, 0.15) is 12.4 Å². The molecule has 4 nitrogen and oxygen atoms in total. The second kappa shape index (κ2) is 6.00. The van der Waals surface area contributed by atoms with Gasteiger partial charge < -0.3 is 5.32 Å². The number of hydrogen-bond acceptors (Lipinski definition) is 3. The van der Waals surface area contributed by atoms with Crippen molar-refractivity contribution in [3.05, 3.63) is 56.4 Å². The van der Waals surface area contributed by atoms with E-state index in [2.05, 4.69) is 5.32 Å². The van der Waals surface area contributed by atoms with E-state index in [0.717, 1.165) is 22.6 Å². The van der Waals surface area contributed by atoms with Crippen LogP contribution in [-0.2, 0) is 11.3 Å². The van der Waals surface area contributed by atoms with Gasteiger partial charge in [-0.1, -0.05) is 23.5 Å². The van der Waals surface area contributed by atoms with E-state index in [1.807, 2.05) is 6.92 Å². The average Bonchev–Trinajstić information content (AvgIpc) is 2.71. The molecule has 0 unspecified atom stereocenters. The highest BCUT2D eigenvalue weighted by Crippen LogP contribution is 2.12. The topological polar surface area (TPSA) is 51.1 Å². The molecule has 1 heterocycles. The van der Waals surface area contributed by atoms with Crippen LogP contribution < -0.4 is 10.2 Å². The third kappa shape index (κ3) is 3.33. The Kier molecular flexibility index (Phi) is 4.34. The summed E-state index contributed by atoms with van der Waals surface area (Å²) in [6.45, 7) is 3.60. The van der Waals surface area contributed by atoms with Crippen LogP contribution >= 0.6 is 11.3 Å². The van der Waals surface area contributed by atoms with Crippen molar-refractivity contribution in [2.75, 3.05) is 0 Å². The van der Waals surface area contributed by atoms with E-state index < -0.39 is 0 Å². The molecule has 1 aromatic carbocycles. The minimum Gasteiger partial charge on any atom is -0.348 e. The van der Waals surface area contributed by atoms with Crippen molar-refractivity contribution in [1.29, 1.82) is 0 Å². The van der Waals surface area contributed by atoms with Crippen molar-refractivity contribution >= 4 is 17.2 Å². The predicted octanol–water partition coefficient (Wildman–Crippen LogP) is 2.23. The van der Waals surface area contributed by atoms with Crippen LogP contribution in [0.5, 0.6) is 0 Å². The van der Waals surface area contributed by atoms with Gasteiger partial charge in [0.15, 0.2) is 0 Å². The van der Waals surface area contributed by atoms with Crippen LogP contribution in [0, 0.1) is 12.7 Å². The molecule has 0 aliphatic carbocycles. The minimum atomic E-state index is -0.312. The molecule has 6 heteroatoms. The Hall–Kier alpha value is -1.95. The maximum atomic E-state index is 12.8. The highest BCUT2D eigenvalue weighted by atomic mass is 32.1. The third-order valence-electron chi connectivity index (χ3n) is 3.03. The van der Waals surface area contributed by atoms with Gasteiger partial charge in [0, 0.05) is 11.1 Å². The second-order valence-electron chi connectivity index (χ2n) is 4.57. The average molecular weight is 294 g/mol. The number of benzene rings is 1. The van der Waals surface area contributed by atoms with Gasteiger partial charge in [-0.3, -0.25) is 14.2 Å². The standard InChI is InChI=1S/C14H15FN2O2S/c1-9-8-20-14(19)17(9)7-13(18)16-10(2)11-3-5-12(15)6-4-11/h3-6,8,10H,7H2,1-2H3,(H,16,18)/t10-/m0/s1. The van der Waals surface area contributed by atoms with Gasteiger partial charge in [-0.05, 0) is 31.5 Å². The lowest BCUT2D eigenvalue weighted by molar-refractivity contribution is -0.122. The first-order valence-corrected chi connectivity index (χ1v) is 7.05. The number of thiazole rings is 1. The molecule has 1 N–H and O–H groups in total. The van der Waals surface area contributed by atoms with Gasteiger partial charge in [-0.15, -0.1) is 0 Å². The summed E-state index contributed by atoms with van der Waals surface area (Å²) in [5.74, 6) is -0.557. The number of carbonyl (C=O) groups is 1. The normalized spacial score (nSPS) is 12.2. The van der Waals surface area contributed by atoms with Crippen LogP contribution in [0.1, 0.15) is 24.2 Å². The molecular formula is C14H15FN2O2S. The summed E-state index contributed by atoms with van der Waals surface area (Å²) in [6.07, 6.45) is 0. The summed E-state index contributed by atoms with van der Waals surface area (Å²) in [5, 5.41) is 4.51. The molecule has 0 radical (unpaired) electrons. The second-order valence-corrected chi connectivity index (χ2v) is 5.39. The summed E-state index contributed by atoms with van der Waals surface area (Å²) in [4.78, 5) is 23.3. The van der Waals surface area contributed by atoms with E-state index >= 15 is 0 Å². The molecule has 1 amide bonds. The summed E-state index contributed by atoms with van der Waals surface area (Å²) >= 11 is 1.08. The first-order chi connectivity index (χ1) is 9.47. The van der Waals surface area contributed by atoms with Crippen molar-refractivity contribution in [3.63, 3.8) is 0 Å². The number of carbonyl (C=O) groups excluding carboxylic acids is 1. The minimum absolute atomic E-state index is 0.000296. The fourth-order valence-corrected chi connectivity index (χ4v) is 2.60. The fraction of sp³-hybridized carbons (Fsp3) is 0.286. The Bertz CT molecular complexity index is 661. The predicted molar refractivity (Wildman–Crippen MR) is 76.3 cm³/mol. The molecule has 0 aliphatic rings. The molecule has 2 aromatic rings. The summed E-state index contributed by atoms with van der Waals surface area (Å²) < 4.78 is 14.3. The molecule has 0 spiro atoms. The molecular weight excluding hydrogens is 279 g/mol. The van der Waals surface area contributed by atoms with Crippen LogP contribution in [0.25, 0.3) is 0 Å². The number of aromatic nitrogens is 1. The quantitative estimate of drug-likeness (QED) is 0.940. The lowest BCUT2D eigenvalue weighted by atomic mass is 10.1. The zero-order valence-corrected chi connectivity index (χ0v) is 12.0. The zero-order chi connectivity index (χ0) is 14.7. The Labute approximate surface area is 119 Å². The number of aryl methyl sites for hydroxylation is 1. The molecule has 0 fully saturated rings. The Balaban J connectivity index is 2.01. The van der Waals surface area contributed by atoms with Gasteiger partial charge in [0.25, 0.3) is 0 Å². The molecule has 0 saturated carbocycles. The van der Waals surface area contributed by atoms with Gasteiger partial charge in [0.05, 0.1) is 6.04 Å². The van der Waals surface area contributed by atoms with Gasteiger partial charge >= 0.3 is 4.87 Å². The lowest BCUT2D eigenvalue weighted by Gasteiger charge is -2.14. The first kappa shape index (κ1) is 14.5. The number of rotatable bonds is 4. The van der Waals surface area contributed by atoms with Gasteiger partial charge in [0.2, 0.25) is 5.91 Å². The summed E-state index contributed by atoms with van der Waals surface area (Å²) in [5.41, 5.74) is 1.58. The van der Waals surface area contributed by atoms with E-state index in [4.69, 9.17) is 0 Å². The number of nitrogens with one attached hydrogen (secondary N) is 1. The van der Waals surface area contributed by atoms with Crippen molar-refractivity contribution < 1.29 is 9.18 Å². The molecule has 1 atom stereocenters. The van der Waals surface area contributed by atoms with E-state index in [0.29, 0.717) is 0 Å². The fourth-order valence-electron chi connectivity index (χ4n) is 1.86. The Morgan fingerprint density at radius 3 is 2.60 bits per heavy atom. The molecule has 20 heavy (non-hydrogen) atoms. The Morgan fingerprint density at radius 2 is 2.05 bits per heavy atom. The van der Waals surface area contributed by atoms with Crippen LogP contribution in [0.3, 0.4) is 0 Å². The molecule has 0 saturated heterocycles. The van der Waals surface area contributed by atoms with Crippen LogP contribution in [0.4, 0.5) is 4.39 Å². The van der Waals surface area contributed by atoms with E-state index in [1.165, 1.54) is 16.7 Å².